The van der Waals surface area contributed by atoms with Gasteiger partial charge in [0.25, 0.3) is 0 Å². The van der Waals surface area contributed by atoms with E-state index in [0.29, 0.717) is 6.61 Å². The number of benzene rings is 1. The molecule has 0 radical (unpaired) electrons. The topological polar surface area (TPSA) is 110 Å². The van der Waals surface area contributed by atoms with Crippen LogP contribution in [0.5, 0.6) is 5.75 Å². The number of rotatable bonds is 8. The summed E-state index contributed by atoms with van der Waals surface area (Å²) < 4.78 is 10.3. The SMILES string of the molecule is [N-]=[N+]=NCCOCCOc1ccccc1[N+](=O)[O-]. The molecule has 1 aromatic carbocycles. The van der Waals surface area contributed by atoms with Gasteiger partial charge in [-0.1, -0.05) is 17.2 Å². The van der Waals surface area contributed by atoms with Crippen molar-refractivity contribution in [2.45, 2.75) is 0 Å². The van der Waals surface area contributed by atoms with Crippen molar-refractivity contribution in [2.75, 3.05) is 26.4 Å². The van der Waals surface area contributed by atoms with E-state index in [1.807, 2.05) is 0 Å². The van der Waals surface area contributed by atoms with Crippen LogP contribution in [0.3, 0.4) is 0 Å². The Balaban J connectivity index is 2.31. The molecule has 96 valence electrons. The first kappa shape index (κ1) is 13.8. The molecule has 0 amide bonds. The van der Waals surface area contributed by atoms with Gasteiger partial charge in [-0.25, -0.2) is 0 Å². The van der Waals surface area contributed by atoms with E-state index in [9.17, 15) is 10.1 Å². The first-order valence-corrected chi connectivity index (χ1v) is 5.20. The Morgan fingerprint density at radius 1 is 1.33 bits per heavy atom. The largest absolute Gasteiger partial charge is 0.484 e. The highest BCUT2D eigenvalue weighted by Crippen LogP contribution is 2.25. The van der Waals surface area contributed by atoms with Gasteiger partial charge in [0.05, 0.1) is 18.1 Å². The van der Waals surface area contributed by atoms with Gasteiger partial charge in [0, 0.05) is 17.5 Å². The summed E-state index contributed by atoms with van der Waals surface area (Å²) in [5.74, 6) is 0.209. The van der Waals surface area contributed by atoms with E-state index in [2.05, 4.69) is 10.0 Å². The molecule has 0 saturated heterocycles. The van der Waals surface area contributed by atoms with Crippen molar-refractivity contribution in [3.8, 4) is 5.75 Å². The zero-order valence-corrected chi connectivity index (χ0v) is 9.56. The van der Waals surface area contributed by atoms with Gasteiger partial charge in [-0.3, -0.25) is 10.1 Å². The maximum Gasteiger partial charge on any atom is 0.310 e. The van der Waals surface area contributed by atoms with E-state index in [1.54, 1.807) is 12.1 Å². The fraction of sp³-hybridized carbons (Fsp3) is 0.400. The third-order valence-electron chi connectivity index (χ3n) is 1.95. The number of nitro groups is 1. The number of hydrogen-bond acceptors (Lipinski definition) is 5. The van der Waals surface area contributed by atoms with Crippen molar-refractivity contribution < 1.29 is 14.4 Å². The van der Waals surface area contributed by atoms with Crippen LogP contribution in [0.4, 0.5) is 5.69 Å². The number of azide groups is 1. The van der Waals surface area contributed by atoms with Crippen LogP contribution in [0.25, 0.3) is 10.4 Å². The average Bonchev–Trinajstić information content (AvgIpc) is 2.38. The maximum atomic E-state index is 10.7. The Morgan fingerprint density at radius 3 is 2.83 bits per heavy atom. The summed E-state index contributed by atoms with van der Waals surface area (Å²) in [6.07, 6.45) is 0. The summed E-state index contributed by atoms with van der Waals surface area (Å²) in [5.41, 5.74) is 7.94. The molecule has 0 aliphatic carbocycles. The molecule has 1 rings (SSSR count). The maximum absolute atomic E-state index is 10.7. The van der Waals surface area contributed by atoms with Crippen molar-refractivity contribution in [1.82, 2.24) is 0 Å². The molecule has 0 aromatic heterocycles. The van der Waals surface area contributed by atoms with Gasteiger partial charge in [-0.05, 0) is 11.6 Å². The normalized spacial score (nSPS) is 9.56. The molecule has 0 bridgehead atoms. The number of nitro benzene ring substituents is 1. The second-order valence-corrected chi connectivity index (χ2v) is 3.14. The Bertz CT molecular complexity index is 445. The quantitative estimate of drug-likeness (QED) is 0.176. The van der Waals surface area contributed by atoms with Crippen LogP contribution in [-0.4, -0.2) is 31.3 Å². The minimum Gasteiger partial charge on any atom is -0.484 e. The third-order valence-corrected chi connectivity index (χ3v) is 1.95. The smallest absolute Gasteiger partial charge is 0.310 e. The standard InChI is InChI=1S/C10H12N4O4/c11-13-12-5-6-17-7-8-18-10-4-2-1-3-9(10)14(15)16/h1-4H,5-8H2. The number of para-hydroxylation sites is 2. The molecule has 8 nitrogen and oxygen atoms in total. The van der Waals surface area contributed by atoms with E-state index in [1.165, 1.54) is 12.1 Å². The van der Waals surface area contributed by atoms with Gasteiger partial charge >= 0.3 is 5.69 Å². The van der Waals surface area contributed by atoms with Gasteiger partial charge < -0.3 is 9.47 Å². The number of nitrogens with zero attached hydrogens (tertiary/aromatic N) is 4. The molecule has 0 unspecified atom stereocenters. The third kappa shape index (κ3) is 4.69. The van der Waals surface area contributed by atoms with Gasteiger partial charge in [0.2, 0.25) is 0 Å². The second-order valence-electron chi connectivity index (χ2n) is 3.14. The molecular weight excluding hydrogens is 240 g/mol. The number of ether oxygens (including phenoxy) is 2. The highest BCUT2D eigenvalue weighted by molar-refractivity contribution is 5.45. The van der Waals surface area contributed by atoms with Crippen LogP contribution in [0.15, 0.2) is 29.4 Å². The van der Waals surface area contributed by atoms with Gasteiger partial charge in [0.15, 0.2) is 5.75 Å². The van der Waals surface area contributed by atoms with E-state index < -0.39 is 4.92 Å². The highest BCUT2D eigenvalue weighted by atomic mass is 16.6. The molecular formula is C10H12N4O4. The van der Waals surface area contributed by atoms with Gasteiger partial charge in [-0.15, -0.1) is 0 Å². The Kier molecular flexibility index (Phi) is 6.02. The van der Waals surface area contributed by atoms with Gasteiger partial charge in [-0.2, -0.15) is 0 Å². The molecule has 0 heterocycles. The van der Waals surface area contributed by atoms with Crippen LogP contribution >= 0.6 is 0 Å². The zero-order chi connectivity index (χ0) is 13.2. The van der Waals surface area contributed by atoms with Crippen LogP contribution in [0.1, 0.15) is 0 Å². The van der Waals surface area contributed by atoms with E-state index in [0.717, 1.165) is 0 Å². The summed E-state index contributed by atoms with van der Waals surface area (Å²) in [7, 11) is 0. The zero-order valence-electron chi connectivity index (χ0n) is 9.56. The lowest BCUT2D eigenvalue weighted by Gasteiger charge is -2.06. The van der Waals surface area contributed by atoms with Crippen molar-refractivity contribution in [2.24, 2.45) is 5.11 Å². The lowest BCUT2D eigenvalue weighted by Crippen LogP contribution is -2.09. The predicted octanol–water partition coefficient (Wildman–Crippen LogP) is 2.30. The van der Waals surface area contributed by atoms with Crippen LogP contribution in [0, 0.1) is 10.1 Å². The summed E-state index contributed by atoms with van der Waals surface area (Å²) >= 11 is 0. The Labute approximate surface area is 103 Å². The monoisotopic (exact) mass is 252 g/mol. The summed E-state index contributed by atoms with van der Waals surface area (Å²) in [6, 6.07) is 6.13. The molecule has 0 spiro atoms. The van der Waals surface area contributed by atoms with Crippen LogP contribution < -0.4 is 4.74 Å². The molecule has 18 heavy (non-hydrogen) atoms. The molecule has 0 fully saturated rings. The molecule has 0 aliphatic rings. The van der Waals surface area contributed by atoms with Crippen molar-refractivity contribution in [3.63, 3.8) is 0 Å². The average molecular weight is 252 g/mol. The predicted molar refractivity (Wildman–Crippen MR) is 63.4 cm³/mol. The Morgan fingerprint density at radius 2 is 2.11 bits per heavy atom. The molecule has 0 N–H and O–H groups in total. The first-order valence-electron chi connectivity index (χ1n) is 5.20. The van der Waals surface area contributed by atoms with Crippen LogP contribution in [0.2, 0.25) is 0 Å². The Hall–Kier alpha value is -2.31. The van der Waals surface area contributed by atoms with Crippen molar-refractivity contribution in [3.05, 3.63) is 44.8 Å². The van der Waals surface area contributed by atoms with E-state index >= 15 is 0 Å². The molecule has 0 aliphatic heterocycles. The number of hydrogen-bond donors (Lipinski definition) is 0. The highest BCUT2D eigenvalue weighted by Gasteiger charge is 2.12. The fourth-order valence-corrected chi connectivity index (χ4v) is 1.19. The lowest BCUT2D eigenvalue weighted by atomic mass is 10.3. The molecule has 0 atom stereocenters. The minimum absolute atomic E-state index is 0.0772. The van der Waals surface area contributed by atoms with Gasteiger partial charge in [0.1, 0.15) is 6.61 Å². The molecule has 8 heteroatoms. The minimum atomic E-state index is -0.502. The second kappa shape index (κ2) is 7.88. The summed E-state index contributed by atoms with van der Waals surface area (Å²) in [4.78, 5) is 12.7. The molecule has 0 saturated carbocycles. The van der Waals surface area contributed by atoms with E-state index in [-0.39, 0.29) is 31.2 Å². The first-order chi connectivity index (χ1) is 8.75. The van der Waals surface area contributed by atoms with Crippen LogP contribution in [-0.2, 0) is 4.74 Å². The van der Waals surface area contributed by atoms with Crippen molar-refractivity contribution >= 4 is 5.69 Å². The summed E-state index contributed by atoms with van der Waals surface area (Å²) in [6.45, 7) is 1.01. The lowest BCUT2D eigenvalue weighted by molar-refractivity contribution is -0.385. The summed E-state index contributed by atoms with van der Waals surface area (Å²) in [5, 5.41) is 14.0. The fourth-order valence-electron chi connectivity index (χ4n) is 1.19. The van der Waals surface area contributed by atoms with Crippen molar-refractivity contribution in [1.29, 1.82) is 0 Å². The van der Waals surface area contributed by atoms with E-state index in [4.69, 9.17) is 15.0 Å². The molecule has 1 aromatic rings.